The van der Waals surface area contributed by atoms with Crippen LogP contribution in [0.5, 0.6) is 5.75 Å². The Balaban J connectivity index is 1.57. The van der Waals surface area contributed by atoms with Gasteiger partial charge >= 0.3 is 0 Å². The molecule has 29 heavy (non-hydrogen) atoms. The van der Waals surface area contributed by atoms with Crippen molar-refractivity contribution in [2.45, 2.75) is 0 Å². The van der Waals surface area contributed by atoms with Crippen LogP contribution in [-0.4, -0.2) is 22.3 Å². The molecular weight excluding hydrogens is 369 g/mol. The van der Waals surface area contributed by atoms with E-state index in [2.05, 4.69) is 10.4 Å². The number of aromatic nitrogens is 2. The van der Waals surface area contributed by atoms with E-state index >= 15 is 0 Å². The average Bonchev–Trinajstić information content (AvgIpc) is 3.18. The normalized spacial score (nSPS) is 10.5. The lowest BCUT2D eigenvalue weighted by Crippen LogP contribution is -2.22. The SMILES string of the molecule is O=C(COc1ccccc1F)Nc1cc(-c2ccccc2)nn1-c1ccccc1. The number of hydrogen-bond donors (Lipinski definition) is 1. The summed E-state index contributed by atoms with van der Waals surface area (Å²) in [5, 5.41) is 7.44. The zero-order valence-corrected chi connectivity index (χ0v) is 15.5. The molecule has 4 rings (SSSR count). The predicted octanol–water partition coefficient (Wildman–Crippen LogP) is 4.70. The van der Waals surface area contributed by atoms with Crippen LogP contribution in [0.15, 0.2) is 91.0 Å². The predicted molar refractivity (Wildman–Crippen MR) is 110 cm³/mol. The molecule has 0 atom stereocenters. The van der Waals surface area contributed by atoms with Gasteiger partial charge in [-0.25, -0.2) is 9.07 Å². The van der Waals surface area contributed by atoms with Crippen LogP contribution in [0, 0.1) is 5.82 Å². The lowest BCUT2D eigenvalue weighted by Gasteiger charge is -2.10. The molecule has 144 valence electrons. The lowest BCUT2D eigenvalue weighted by molar-refractivity contribution is -0.118. The zero-order valence-electron chi connectivity index (χ0n) is 15.5. The summed E-state index contributed by atoms with van der Waals surface area (Å²) in [4.78, 5) is 12.4. The highest BCUT2D eigenvalue weighted by Gasteiger charge is 2.14. The lowest BCUT2D eigenvalue weighted by atomic mass is 10.2. The summed E-state index contributed by atoms with van der Waals surface area (Å²) in [5.41, 5.74) is 2.46. The van der Waals surface area contributed by atoms with Crippen LogP contribution in [0.1, 0.15) is 0 Å². The number of amides is 1. The molecule has 3 aromatic carbocycles. The highest BCUT2D eigenvalue weighted by molar-refractivity contribution is 5.92. The van der Waals surface area contributed by atoms with Gasteiger partial charge < -0.3 is 10.1 Å². The van der Waals surface area contributed by atoms with Gasteiger partial charge in [-0.05, 0) is 24.3 Å². The van der Waals surface area contributed by atoms with E-state index in [1.54, 1.807) is 22.9 Å². The van der Waals surface area contributed by atoms with Gasteiger partial charge in [0, 0.05) is 11.6 Å². The maximum absolute atomic E-state index is 13.7. The smallest absolute Gasteiger partial charge is 0.263 e. The Hall–Kier alpha value is -3.93. The summed E-state index contributed by atoms with van der Waals surface area (Å²) in [6, 6.07) is 26.9. The Labute approximate surface area is 167 Å². The number of para-hydroxylation sites is 2. The van der Waals surface area contributed by atoms with Crippen LogP contribution in [0.2, 0.25) is 0 Å². The van der Waals surface area contributed by atoms with Crippen molar-refractivity contribution < 1.29 is 13.9 Å². The van der Waals surface area contributed by atoms with E-state index in [0.717, 1.165) is 16.9 Å². The summed E-state index contributed by atoms with van der Waals surface area (Å²) in [5.74, 6) is -0.396. The molecule has 0 saturated heterocycles. The molecule has 1 N–H and O–H groups in total. The summed E-state index contributed by atoms with van der Waals surface area (Å²) in [6.45, 7) is -0.318. The third kappa shape index (κ3) is 4.32. The van der Waals surface area contributed by atoms with E-state index in [-0.39, 0.29) is 12.4 Å². The molecule has 1 aromatic heterocycles. The van der Waals surface area contributed by atoms with Gasteiger partial charge in [-0.1, -0.05) is 60.7 Å². The topological polar surface area (TPSA) is 56.1 Å². The molecule has 4 aromatic rings. The highest BCUT2D eigenvalue weighted by Crippen LogP contribution is 2.24. The molecule has 5 nitrogen and oxygen atoms in total. The van der Waals surface area contributed by atoms with E-state index < -0.39 is 11.7 Å². The number of carbonyl (C=O) groups is 1. The molecule has 0 aliphatic rings. The number of halogens is 1. The van der Waals surface area contributed by atoms with E-state index in [1.165, 1.54) is 12.1 Å². The first-order valence-corrected chi connectivity index (χ1v) is 9.09. The molecule has 1 heterocycles. The highest BCUT2D eigenvalue weighted by atomic mass is 19.1. The molecule has 0 unspecified atom stereocenters. The van der Waals surface area contributed by atoms with Crippen LogP contribution >= 0.6 is 0 Å². The van der Waals surface area contributed by atoms with Gasteiger partial charge in [-0.2, -0.15) is 5.10 Å². The number of rotatable bonds is 6. The minimum absolute atomic E-state index is 0.0317. The second-order valence-corrected chi connectivity index (χ2v) is 6.30. The van der Waals surface area contributed by atoms with E-state index in [0.29, 0.717) is 5.82 Å². The van der Waals surface area contributed by atoms with Crippen molar-refractivity contribution in [3.8, 4) is 22.7 Å². The Kier molecular flexibility index (Phi) is 5.33. The van der Waals surface area contributed by atoms with Crippen LogP contribution in [0.4, 0.5) is 10.2 Å². The zero-order chi connectivity index (χ0) is 20.1. The quantitative estimate of drug-likeness (QED) is 0.522. The van der Waals surface area contributed by atoms with Gasteiger partial charge in [0.2, 0.25) is 0 Å². The fourth-order valence-electron chi connectivity index (χ4n) is 2.87. The van der Waals surface area contributed by atoms with Gasteiger partial charge in [0.15, 0.2) is 18.2 Å². The molecule has 0 bridgehead atoms. The molecule has 6 heteroatoms. The van der Waals surface area contributed by atoms with Crippen LogP contribution < -0.4 is 10.1 Å². The maximum atomic E-state index is 13.7. The van der Waals surface area contributed by atoms with Crippen LogP contribution in [0.25, 0.3) is 16.9 Å². The summed E-state index contributed by atoms with van der Waals surface area (Å²) in [7, 11) is 0. The molecule has 0 fully saturated rings. The number of nitrogens with one attached hydrogen (secondary N) is 1. The number of carbonyl (C=O) groups excluding carboxylic acids is 1. The van der Waals surface area contributed by atoms with Crippen molar-refractivity contribution in [2.24, 2.45) is 0 Å². The van der Waals surface area contributed by atoms with Crippen molar-refractivity contribution in [3.05, 3.63) is 96.8 Å². The largest absolute Gasteiger partial charge is 0.481 e. The van der Waals surface area contributed by atoms with Gasteiger partial charge in [0.1, 0.15) is 5.82 Å². The summed E-state index contributed by atoms with van der Waals surface area (Å²) >= 11 is 0. The number of ether oxygens (including phenoxy) is 1. The number of benzene rings is 3. The van der Waals surface area contributed by atoms with E-state index in [4.69, 9.17) is 4.74 Å². The number of nitrogens with zero attached hydrogens (tertiary/aromatic N) is 2. The van der Waals surface area contributed by atoms with Gasteiger partial charge in [0.25, 0.3) is 5.91 Å². The third-order valence-corrected chi connectivity index (χ3v) is 4.24. The first kappa shape index (κ1) is 18.4. The van der Waals surface area contributed by atoms with Crippen molar-refractivity contribution in [2.75, 3.05) is 11.9 Å². The molecule has 0 aliphatic heterocycles. The maximum Gasteiger partial charge on any atom is 0.263 e. The first-order valence-electron chi connectivity index (χ1n) is 9.09. The molecule has 0 aliphatic carbocycles. The molecule has 0 saturated carbocycles. The monoisotopic (exact) mass is 387 g/mol. The second-order valence-electron chi connectivity index (χ2n) is 6.30. The summed E-state index contributed by atoms with van der Waals surface area (Å²) in [6.07, 6.45) is 0. The van der Waals surface area contributed by atoms with Crippen molar-refractivity contribution >= 4 is 11.7 Å². The Morgan fingerprint density at radius 1 is 0.931 bits per heavy atom. The van der Waals surface area contributed by atoms with Gasteiger partial charge in [0.05, 0.1) is 11.4 Å². The van der Waals surface area contributed by atoms with Crippen molar-refractivity contribution in [1.82, 2.24) is 9.78 Å². The van der Waals surface area contributed by atoms with Gasteiger partial charge in [-0.15, -0.1) is 0 Å². The van der Waals surface area contributed by atoms with Crippen molar-refractivity contribution in [1.29, 1.82) is 0 Å². The van der Waals surface area contributed by atoms with E-state index in [1.807, 2.05) is 60.7 Å². The molecule has 0 radical (unpaired) electrons. The third-order valence-electron chi connectivity index (χ3n) is 4.24. The second kappa shape index (κ2) is 8.39. The molecular formula is C23H18FN3O2. The Morgan fingerprint density at radius 3 is 2.31 bits per heavy atom. The average molecular weight is 387 g/mol. The minimum atomic E-state index is -0.513. The van der Waals surface area contributed by atoms with Crippen molar-refractivity contribution in [3.63, 3.8) is 0 Å². The Bertz CT molecular complexity index is 1110. The Morgan fingerprint density at radius 2 is 1.59 bits per heavy atom. The standard InChI is InChI=1S/C23H18FN3O2/c24-19-13-7-8-14-21(19)29-16-23(28)25-22-15-20(17-9-3-1-4-10-17)26-27(22)18-11-5-2-6-12-18/h1-15H,16H2,(H,25,28). The first-order chi connectivity index (χ1) is 14.2. The van der Waals surface area contributed by atoms with Gasteiger partial charge in [-0.3, -0.25) is 4.79 Å². The number of anilines is 1. The minimum Gasteiger partial charge on any atom is -0.481 e. The fraction of sp³-hybridized carbons (Fsp3) is 0.0435. The molecule has 0 spiro atoms. The van der Waals surface area contributed by atoms with Crippen LogP contribution in [-0.2, 0) is 4.79 Å². The fourth-order valence-corrected chi connectivity index (χ4v) is 2.87. The number of hydrogen-bond acceptors (Lipinski definition) is 3. The molecule has 1 amide bonds. The summed E-state index contributed by atoms with van der Waals surface area (Å²) < 4.78 is 20.6. The van der Waals surface area contributed by atoms with E-state index in [9.17, 15) is 9.18 Å². The van der Waals surface area contributed by atoms with Crippen LogP contribution in [0.3, 0.4) is 0 Å².